The van der Waals surface area contributed by atoms with Crippen LogP contribution >= 0.6 is 0 Å². The topological polar surface area (TPSA) is 127 Å². The number of aromatic carboxylic acids is 2. The highest BCUT2D eigenvalue weighted by Gasteiger charge is 2.22. The molecule has 2 aromatic carbocycles. The minimum Gasteiger partial charge on any atom is -0.478 e. The number of carbonyl (C=O) groups is 4. The van der Waals surface area contributed by atoms with Crippen molar-refractivity contribution in [1.82, 2.24) is 0 Å². The van der Waals surface area contributed by atoms with Crippen LogP contribution in [0.5, 0.6) is 11.5 Å². The number of hydrogen-bond acceptors (Lipinski definition) is 6. The molecule has 0 amide bonds. The first-order chi connectivity index (χ1) is 10.5. The van der Waals surface area contributed by atoms with E-state index in [4.69, 9.17) is 9.47 Å². The molecule has 8 nitrogen and oxygen atoms in total. The quantitative estimate of drug-likeness (QED) is 0.764. The summed E-state index contributed by atoms with van der Waals surface area (Å²) in [6, 6.07) is 4.54. The molecule has 112 valence electrons. The molecule has 0 aliphatic rings. The lowest BCUT2D eigenvalue weighted by molar-refractivity contribution is -0.121. The van der Waals surface area contributed by atoms with Crippen LogP contribution in [-0.4, -0.2) is 35.1 Å². The summed E-state index contributed by atoms with van der Waals surface area (Å²) in [5.74, 6) is -3.05. The smallest absolute Gasteiger partial charge is 0.336 e. The van der Waals surface area contributed by atoms with Crippen LogP contribution in [0.1, 0.15) is 20.7 Å². The van der Waals surface area contributed by atoms with E-state index in [1.807, 2.05) is 0 Å². The summed E-state index contributed by atoms with van der Waals surface area (Å²) in [7, 11) is 0. The molecule has 0 fully saturated rings. The molecule has 0 bridgehead atoms. The Morgan fingerprint density at radius 2 is 1.14 bits per heavy atom. The van der Waals surface area contributed by atoms with Gasteiger partial charge in [0.05, 0.1) is 11.1 Å². The molecule has 8 heteroatoms. The summed E-state index contributed by atoms with van der Waals surface area (Å²) in [5.41, 5.74) is -0.596. The molecule has 0 aromatic heterocycles. The van der Waals surface area contributed by atoms with Gasteiger partial charge in [0.15, 0.2) is 0 Å². The van der Waals surface area contributed by atoms with E-state index in [0.717, 1.165) is 12.1 Å². The summed E-state index contributed by atoms with van der Waals surface area (Å²) < 4.78 is 9.39. The Kier molecular flexibility index (Phi) is 4.03. The van der Waals surface area contributed by atoms with Gasteiger partial charge in [-0.05, 0) is 24.3 Å². The number of carboxylic acid groups (broad SMARTS) is 2. The number of fused-ring (bicyclic) bond motifs is 1. The Labute approximate surface area is 122 Å². The first kappa shape index (κ1) is 15.0. The van der Waals surface area contributed by atoms with Gasteiger partial charge in [-0.3, -0.25) is 9.59 Å². The monoisotopic (exact) mass is 304 g/mol. The zero-order chi connectivity index (χ0) is 16.3. The molecule has 0 atom stereocenters. The number of benzene rings is 2. The standard InChI is InChI=1S/C14H8O8/c15-5-21-9-3-4-10(22-6-16)12-8(14(19)20)2-1-7(11(9)12)13(17)18/h1-6H,(H,17,18)(H,19,20). The van der Waals surface area contributed by atoms with Gasteiger partial charge in [0.1, 0.15) is 11.5 Å². The molecule has 0 unspecified atom stereocenters. The summed E-state index contributed by atoms with van der Waals surface area (Å²) in [5, 5.41) is 18.1. The molecule has 22 heavy (non-hydrogen) atoms. The SMILES string of the molecule is O=COc1ccc(OC=O)c2c(C(=O)O)ccc(C(=O)O)c12. The van der Waals surface area contributed by atoms with Gasteiger partial charge in [0.25, 0.3) is 12.9 Å². The third kappa shape index (κ3) is 2.44. The third-order valence-electron chi connectivity index (χ3n) is 2.90. The Hall–Kier alpha value is -3.42. The lowest BCUT2D eigenvalue weighted by Gasteiger charge is -2.12. The van der Waals surface area contributed by atoms with Gasteiger partial charge >= 0.3 is 11.9 Å². The maximum Gasteiger partial charge on any atom is 0.336 e. The van der Waals surface area contributed by atoms with Crippen molar-refractivity contribution in [2.45, 2.75) is 0 Å². The maximum atomic E-state index is 11.3. The highest BCUT2D eigenvalue weighted by Crippen LogP contribution is 2.38. The first-order valence-electron chi connectivity index (χ1n) is 5.78. The molecular formula is C14H8O8. The van der Waals surface area contributed by atoms with E-state index in [1.165, 1.54) is 12.1 Å². The maximum absolute atomic E-state index is 11.3. The van der Waals surface area contributed by atoms with Gasteiger partial charge in [-0.1, -0.05) is 0 Å². The molecule has 2 rings (SSSR count). The van der Waals surface area contributed by atoms with Gasteiger partial charge in [0, 0.05) is 10.8 Å². The van der Waals surface area contributed by atoms with E-state index >= 15 is 0 Å². The van der Waals surface area contributed by atoms with Crippen LogP contribution in [-0.2, 0) is 9.59 Å². The average molecular weight is 304 g/mol. The number of carboxylic acids is 2. The fraction of sp³-hybridized carbons (Fsp3) is 0. The Balaban J connectivity index is 3.01. The number of carbonyl (C=O) groups excluding carboxylic acids is 2. The largest absolute Gasteiger partial charge is 0.478 e. The van der Waals surface area contributed by atoms with E-state index in [-0.39, 0.29) is 46.3 Å². The van der Waals surface area contributed by atoms with Crippen molar-refractivity contribution in [1.29, 1.82) is 0 Å². The minimum absolute atomic E-state index is 0.0775. The number of ether oxygens (including phenoxy) is 2. The molecule has 0 aliphatic carbocycles. The molecule has 0 heterocycles. The number of hydrogen-bond donors (Lipinski definition) is 2. The highest BCUT2D eigenvalue weighted by molar-refractivity contribution is 6.15. The molecule has 2 N–H and O–H groups in total. The Morgan fingerprint density at radius 1 is 0.773 bits per heavy atom. The van der Waals surface area contributed by atoms with Gasteiger partial charge < -0.3 is 19.7 Å². The van der Waals surface area contributed by atoms with E-state index in [9.17, 15) is 29.4 Å². The predicted octanol–water partition coefficient (Wildman–Crippen LogP) is 1.31. The van der Waals surface area contributed by atoms with Crippen molar-refractivity contribution in [3.8, 4) is 11.5 Å². The van der Waals surface area contributed by atoms with E-state index < -0.39 is 11.9 Å². The van der Waals surface area contributed by atoms with Gasteiger partial charge in [0.2, 0.25) is 0 Å². The molecule has 2 aromatic rings. The molecule has 0 aliphatic heterocycles. The molecule has 0 spiro atoms. The summed E-state index contributed by atoms with van der Waals surface area (Å²) in [6.07, 6.45) is 0. The summed E-state index contributed by atoms with van der Waals surface area (Å²) in [6.45, 7) is 0.155. The van der Waals surface area contributed by atoms with Crippen LogP contribution in [0.2, 0.25) is 0 Å². The van der Waals surface area contributed by atoms with Crippen LogP contribution in [0.15, 0.2) is 24.3 Å². The minimum atomic E-state index is -1.36. The fourth-order valence-corrected chi connectivity index (χ4v) is 2.09. The fourth-order valence-electron chi connectivity index (χ4n) is 2.09. The molecule has 0 saturated heterocycles. The molecular weight excluding hydrogens is 296 g/mol. The van der Waals surface area contributed by atoms with E-state index in [2.05, 4.69) is 0 Å². The van der Waals surface area contributed by atoms with Crippen molar-refractivity contribution >= 4 is 35.7 Å². The second-order valence-corrected chi connectivity index (χ2v) is 4.01. The number of rotatable bonds is 6. The van der Waals surface area contributed by atoms with Crippen LogP contribution in [0.4, 0.5) is 0 Å². The van der Waals surface area contributed by atoms with Crippen molar-refractivity contribution < 1.29 is 38.9 Å². The first-order valence-corrected chi connectivity index (χ1v) is 5.78. The van der Waals surface area contributed by atoms with Crippen molar-refractivity contribution in [2.75, 3.05) is 0 Å². The van der Waals surface area contributed by atoms with Crippen molar-refractivity contribution in [3.63, 3.8) is 0 Å². The van der Waals surface area contributed by atoms with Crippen LogP contribution in [0.3, 0.4) is 0 Å². The molecule has 0 radical (unpaired) electrons. The normalized spacial score (nSPS) is 10.0. The Bertz CT molecular complexity index is 727. The summed E-state index contributed by atoms with van der Waals surface area (Å²) >= 11 is 0. The van der Waals surface area contributed by atoms with Gasteiger partial charge in [-0.25, -0.2) is 9.59 Å². The summed E-state index contributed by atoms with van der Waals surface area (Å²) in [4.78, 5) is 43.8. The lowest BCUT2D eigenvalue weighted by Crippen LogP contribution is -2.06. The highest BCUT2D eigenvalue weighted by atomic mass is 16.5. The van der Waals surface area contributed by atoms with E-state index in [1.54, 1.807) is 0 Å². The Morgan fingerprint density at radius 3 is 1.41 bits per heavy atom. The van der Waals surface area contributed by atoms with Crippen LogP contribution < -0.4 is 9.47 Å². The molecule has 0 saturated carbocycles. The van der Waals surface area contributed by atoms with Crippen LogP contribution in [0, 0.1) is 0 Å². The third-order valence-corrected chi connectivity index (χ3v) is 2.90. The average Bonchev–Trinajstić information content (AvgIpc) is 2.48. The second-order valence-electron chi connectivity index (χ2n) is 4.01. The van der Waals surface area contributed by atoms with Crippen molar-refractivity contribution in [2.24, 2.45) is 0 Å². The van der Waals surface area contributed by atoms with Crippen molar-refractivity contribution in [3.05, 3.63) is 35.4 Å². The zero-order valence-electron chi connectivity index (χ0n) is 10.8. The predicted molar refractivity (Wildman–Crippen MR) is 71.3 cm³/mol. The van der Waals surface area contributed by atoms with Crippen LogP contribution in [0.25, 0.3) is 10.8 Å². The van der Waals surface area contributed by atoms with Gasteiger partial charge in [-0.2, -0.15) is 0 Å². The second kappa shape index (κ2) is 5.92. The van der Waals surface area contributed by atoms with E-state index in [0.29, 0.717) is 0 Å². The van der Waals surface area contributed by atoms with Gasteiger partial charge in [-0.15, -0.1) is 0 Å². The lowest BCUT2D eigenvalue weighted by atomic mass is 9.97. The zero-order valence-corrected chi connectivity index (χ0v) is 10.8.